The number of anilines is 1. The highest BCUT2D eigenvalue weighted by Crippen LogP contribution is 2.29. The molecule has 4 aromatic rings. The number of fused-ring (bicyclic) bond motifs is 1. The first-order chi connectivity index (χ1) is 17.0. The van der Waals surface area contributed by atoms with Crippen molar-refractivity contribution >= 4 is 35.0 Å². The molecule has 3 heterocycles. The Bertz CT molecular complexity index is 1470. The van der Waals surface area contributed by atoms with Gasteiger partial charge in [-0.1, -0.05) is 41.6 Å². The summed E-state index contributed by atoms with van der Waals surface area (Å²) in [5.41, 5.74) is 2.20. The largest absolute Gasteiger partial charge is 0.325 e. The highest BCUT2D eigenvalue weighted by Gasteiger charge is 2.23. The van der Waals surface area contributed by atoms with Crippen molar-refractivity contribution < 1.29 is 4.79 Å². The molecular formula is C24H21ClN6O3S. The van der Waals surface area contributed by atoms with E-state index in [1.54, 1.807) is 16.7 Å². The van der Waals surface area contributed by atoms with Crippen molar-refractivity contribution in [2.45, 2.75) is 24.4 Å². The van der Waals surface area contributed by atoms with Crippen LogP contribution in [0.1, 0.15) is 23.5 Å². The summed E-state index contributed by atoms with van der Waals surface area (Å²) < 4.78 is 1.80. The van der Waals surface area contributed by atoms with Gasteiger partial charge in [0.1, 0.15) is 5.82 Å². The molecule has 2 N–H and O–H groups in total. The van der Waals surface area contributed by atoms with E-state index in [4.69, 9.17) is 11.6 Å². The van der Waals surface area contributed by atoms with Crippen molar-refractivity contribution in [3.63, 3.8) is 0 Å². The molecule has 0 bridgehead atoms. The number of hydrogen-bond donors (Lipinski definition) is 2. The number of hydrogen-bond acceptors (Lipinski definition) is 6. The Kier molecular flexibility index (Phi) is 6.56. The van der Waals surface area contributed by atoms with Gasteiger partial charge in [-0.2, -0.15) is 0 Å². The van der Waals surface area contributed by atoms with Crippen molar-refractivity contribution in [2.24, 2.45) is 0 Å². The van der Waals surface area contributed by atoms with Gasteiger partial charge in [0, 0.05) is 41.1 Å². The Morgan fingerprint density at radius 1 is 1.06 bits per heavy atom. The molecule has 0 radical (unpaired) electrons. The molecule has 1 aliphatic rings. The van der Waals surface area contributed by atoms with Crippen LogP contribution in [0, 0.1) is 0 Å². The molecule has 35 heavy (non-hydrogen) atoms. The number of para-hydroxylation sites is 1. The average Bonchev–Trinajstić information content (AvgIpc) is 3.24. The molecule has 0 saturated carbocycles. The molecule has 2 aromatic heterocycles. The quantitative estimate of drug-likeness (QED) is 0.387. The second-order valence-electron chi connectivity index (χ2n) is 8.07. The van der Waals surface area contributed by atoms with Crippen LogP contribution in [-0.4, -0.2) is 42.9 Å². The number of aromatic nitrogens is 5. The summed E-state index contributed by atoms with van der Waals surface area (Å²) in [5.74, 6) is 0.683. The van der Waals surface area contributed by atoms with Crippen molar-refractivity contribution in [1.29, 1.82) is 0 Å². The van der Waals surface area contributed by atoms with Gasteiger partial charge in [0.05, 0.1) is 5.75 Å². The van der Waals surface area contributed by atoms with E-state index in [2.05, 4.69) is 26.2 Å². The van der Waals surface area contributed by atoms with Crippen LogP contribution in [0.3, 0.4) is 0 Å². The number of nitrogens with one attached hydrogen (secondary N) is 2. The fourth-order valence-corrected chi connectivity index (χ4v) is 5.11. The summed E-state index contributed by atoms with van der Waals surface area (Å²) in [7, 11) is 0. The van der Waals surface area contributed by atoms with Crippen LogP contribution < -0.4 is 16.1 Å². The zero-order valence-corrected chi connectivity index (χ0v) is 20.1. The number of rotatable bonds is 6. The van der Waals surface area contributed by atoms with Crippen LogP contribution in [-0.2, 0) is 17.6 Å². The number of nitrogens with zero attached hydrogens (tertiary/aromatic N) is 4. The Balaban J connectivity index is 1.43. The molecular weight excluding hydrogens is 488 g/mol. The molecule has 0 aliphatic carbocycles. The van der Waals surface area contributed by atoms with Gasteiger partial charge in [0.2, 0.25) is 5.91 Å². The zero-order chi connectivity index (χ0) is 24.4. The second kappa shape index (κ2) is 9.93. The first-order valence-corrected chi connectivity index (χ1v) is 12.4. The first-order valence-electron chi connectivity index (χ1n) is 11.0. The van der Waals surface area contributed by atoms with E-state index in [1.165, 1.54) is 23.4 Å². The number of aryl methyl sites for hydroxylation is 1. The number of carbonyl (C=O) groups is 1. The number of carbonyl (C=O) groups excluding carboxylic acids is 1. The van der Waals surface area contributed by atoms with E-state index in [0.717, 1.165) is 24.2 Å². The van der Waals surface area contributed by atoms with Gasteiger partial charge in [0.25, 0.3) is 5.56 Å². The third-order valence-electron chi connectivity index (χ3n) is 5.69. The second-order valence-corrected chi connectivity index (χ2v) is 9.45. The molecule has 0 fully saturated rings. The summed E-state index contributed by atoms with van der Waals surface area (Å²) in [6, 6.07) is 16.4. The molecule has 2 aromatic carbocycles. The Labute approximate surface area is 209 Å². The third kappa shape index (κ3) is 5.08. The minimum atomic E-state index is -0.591. The zero-order valence-electron chi connectivity index (χ0n) is 18.5. The summed E-state index contributed by atoms with van der Waals surface area (Å²) in [5, 5.41) is 9.71. The fraction of sp³-hybridized carbons (Fsp3) is 0.208. The normalized spacial score (nSPS) is 13.0. The van der Waals surface area contributed by atoms with Crippen molar-refractivity contribution in [2.75, 3.05) is 17.2 Å². The van der Waals surface area contributed by atoms with Gasteiger partial charge in [0.15, 0.2) is 5.16 Å². The maximum Gasteiger partial charge on any atom is 0.325 e. The van der Waals surface area contributed by atoms with E-state index in [1.807, 2.05) is 35.2 Å². The lowest BCUT2D eigenvalue weighted by Gasteiger charge is -2.29. The average molecular weight is 509 g/mol. The van der Waals surface area contributed by atoms with Gasteiger partial charge in [-0.15, -0.1) is 10.2 Å². The Hall–Kier alpha value is -3.63. The van der Waals surface area contributed by atoms with E-state index in [9.17, 15) is 14.4 Å². The molecule has 9 nitrogen and oxygen atoms in total. The van der Waals surface area contributed by atoms with Crippen LogP contribution in [0.5, 0.6) is 0 Å². The van der Waals surface area contributed by atoms with Crippen molar-refractivity contribution in [3.05, 3.63) is 97.5 Å². The summed E-state index contributed by atoms with van der Waals surface area (Å²) in [6.07, 6.45) is 2.06. The number of benzene rings is 2. The number of aromatic amines is 2. The van der Waals surface area contributed by atoms with Gasteiger partial charge in [-0.25, -0.2) is 4.79 Å². The number of thioether (sulfide) groups is 1. The molecule has 11 heteroatoms. The summed E-state index contributed by atoms with van der Waals surface area (Å²) >= 11 is 7.36. The Morgan fingerprint density at radius 2 is 1.86 bits per heavy atom. The molecule has 178 valence electrons. The van der Waals surface area contributed by atoms with Gasteiger partial charge in [-0.05, 0) is 48.7 Å². The van der Waals surface area contributed by atoms with Gasteiger partial charge >= 0.3 is 5.69 Å². The van der Waals surface area contributed by atoms with Crippen LogP contribution >= 0.6 is 23.4 Å². The van der Waals surface area contributed by atoms with E-state index in [-0.39, 0.29) is 18.1 Å². The highest BCUT2D eigenvalue weighted by atomic mass is 35.5. The van der Waals surface area contributed by atoms with Gasteiger partial charge in [-0.3, -0.25) is 19.1 Å². The van der Waals surface area contributed by atoms with Crippen LogP contribution in [0.25, 0.3) is 5.69 Å². The van der Waals surface area contributed by atoms with Crippen molar-refractivity contribution in [1.82, 2.24) is 24.7 Å². The third-order valence-corrected chi connectivity index (χ3v) is 6.85. The van der Waals surface area contributed by atoms with Crippen LogP contribution in [0.15, 0.2) is 69.3 Å². The molecule has 1 aliphatic heterocycles. The van der Waals surface area contributed by atoms with Gasteiger partial charge < -0.3 is 9.88 Å². The lowest BCUT2D eigenvalue weighted by atomic mass is 10.0. The fourth-order valence-electron chi connectivity index (χ4n) is 4.14. The predicted octanol–water partition coefficient (Wildman–Crippen LogP) is 2.96. The van der Waals surface area contributed by atoms with E-state index in [0.29, 0.717) is 28.2 Å². The number of amides is 1. The first kappa shape index (κ1) is 23.1. The summed E-state index contributed by atoms with van der Waals surface area (Å²) in [6.45, 7) is 0.682. The molecule has 0 saturated heterocycles. The lowest BCUT2D eigenvalue weighted by Crippen LogP contribution is -2.36. The van der Waals surface area contributed by atoms with E-state index >= 15 is 0 Å². The maximum absolute atomic E-state index is 13.2. The molecule has 5 rings (SSSR count). The van der Waals surface area contributed by atoms with Crippen LogP contribution in [0.2, 0.25) is 5.02 Å². The maximum atomic E-state index is 13.2. The number of H-pyrrole nitrogens is 2. The minimum Gasteiger partial charge on any atom is -0.311 e. The smallest absolute Gasteiger partial charge is 0.311 e. The standard InChI is InChI=1S/C24H21ClN6O3S/c25-16-7-9-18(10-8-16)31-20(12-17-13-21(32)27-23(34)26-17)28-29-24(31)35-14-22(33)30-11-3-5-15-4-1-2-6-19(15)30/h1-2,4,6-10,13H,3,5,11-12,14H2,(H2,26,27,32,34). The summed E-state index contributed by atoms with van der Waals surface area (Å²) in [4.78, 5) is 43.2. The van der Waals surface area contributed by atoms with Crippen LogP contribution in [0.4, 0.5) is 5.69 Å². The molecule has 1 amide bonds. The van der Waals surface area contributed by atoms with E-state index < -0.39 is 11.2 Å². The predicted molar refractivity (Wildman–Crippen MR) is 135 cm³/mol. The molecule has 0 unspecified atom stereocenters. The Morgan fingerprint density at radius 3 is 2.66 bits per heavy atom. The molecule has 0 spiro atoms. The monoisotopic (exact) mass is 508 g/mol. The van der Waals surface area contributed by atoms with Crippen molar-refractivity contribution in [3.8, 4) is 5.69 Å². The SMILES string of the molecule is O=C(CSc1nnc(Cc2cc(=O)[nH]c(=O)[nH]2)n1-c1ccc(Cl)cc1)N1CCCc2ccccc21. The molecule has 0 atom stereocenters. The highest BCUT2D eigenvalue weighted by molar-refractivity contribution is 7.99. The minimum absolute atomic E-state index is 0.00622. The topological polar surface area (TPSA) is 117 Å². The lowest BCUT2D eigenvalue weighted by molar-refractivity contribution is -0.116. The number of halogens is 1.